The number of aromatic nitrogens is 1. The summed E-state index contributed by atoms with van der Waals surface area (Å²) in [5.41, 5.74) is 1.30. The standard InChI is InChI=1S/C9H10N2O2S.ClH/c12-9(13)7-5-14-8(11-7)6-1-3-10-4-2-6;/h1,5,10H,2-4H2,(H,12,13);1H. The van der Waals surface area contributed by atoms with Crippen LogP contribution in [-0.4, -0.2) is 29.1 Å². The lowest BCUT2D eigenvalue weighted by Gasteiger charge is -2.10. The van der Waals surface area contributed by atoms with Gasteiger partial charge in [0.15, 0.2) is 5.69 Å². The molecule has 0 unspecified atom stereocenters. The molecule has 0 spiro atoms. The molecule has 0 fully saturated rings. The zero-order chi connectivity index (χ0) is 9.97. The average Bonchev–Trinajstić information content (AvgIpc) is 2.68. The molecule has 2 N–H and O–H groups in total. The fourth-order valence-corrected chi connectivity index (χ4v) is 2.20. The van der Waals surface area contributed by atoms with Crippen molar-refractivity contribution >= 4 is 35.3 Å². The first kappa shape index (κ1) is 12.2. The molecule has 0 aliphatic carbocycles. The van der Waals surface area contributed by atoms with Crippen LogP contribution < -0.4 is 5.32 Å². The molecule has 0 amide bonds. The van der Waals surface area contributed by atoms with Crippen molar-refractivity contribution in [2.75, 3.05) is 13.1 Å². The van der Waals surface area contributed by atoms with Gasteiger partial charge in [-0.1, -0.05) is 6.08 Å². The molecule has 6 heteroatoms. The van der Waals surface area contributed by atoms with E-state index in [1.165, 1.54) is 11.3 Å². The fourth-order valence-electron chi connectivity index (χ4n) is 1.34. The van der Waals surface area contributed by atoms with Crippen LogP contribution in [0.25, 0.3) is 5.57 Å². The lowest BCUT2D eigenvalue weighted by Crippen LogP contribution is -2.20. The van der Waals surface area contributed by atoms with Crippen molar-refractivity contribution in [1.82, 2.24) is 10.3 Å². The van der Waals surface area contributed by atoms with Gasteiger partial charge in [0.2, 0.25) is 0 Å². The number of hydrogen-bond acceptors (Lipinski definition) is 4. The zero-order valence-electron chi connectivity index (χ0n) is 7.90. The van der Waals surface area contributed by atoms with Crippen molar-refractivity contribution in [3.8, 4) is 0 Å². The normalized spacial score (nSPS) is 15.3. The monoisotopic (exact) mass is 246 g/mol. The number of rotatable bonds is 2. The van der Waals surface area contributed by atoms with E-state index in [0.717, 1.165) is 30.1 Å². The van der Waals surface area contributed by atoms with Crippen LogP contribution >= 0.6 is 23.7 Å². The molecule has 0 aromatic carbocycles. The molecule has 0 saturated heterocycles. The second kappa shape index (κ2) is 5.25. The maximum Gasteiger partial charge on any atom is 0.355 e. The average molecular weight is 247 g/mol. The van der Waals surface area contributed by atoms with E-state index in [0.29, 0.717) is 0 Å². The predicted molar refractivity (Wildman–Crippen MR) is 61.8 cm³/mol. The Morgan fingerprint density at radius 1 is 1.60 bits per heavy atom. The van der Waals surface area contributed by atoms with Gasteiger partial charge in [0.1, 0.15) is 5.01 Å². The number of nitrogens with zero attached hydrogens (tertiary/aromatic N) is 1. The van der Waals surface area contributed by atoms with Gasteiger partial charge in [-0.2, -0.15) is 0 Å². The van der Waals surface area contributed by atoms with Crippen molar-refractivity contribution in [3.63, 3.8) is 0 Å². The Bertz CT molecular complexity index is 389. The lowest BCUT2D eigenvalue weighted by atomic mass is 10.1. The minimum atomic E-state index is -0.956. The molecule has 2 rings (SSSR count). The van der Waals surface area contributed by atoms with Crippen LogP contribution in [-0.2, 0) is 0 Å². The Morgan fingerprint density at radius 3 is 2.93 bits per heavy atom. The summed E-state index contributed by atoms with van der Waals surface area (Å²) in [6, 6.07) is 0. The van der Waals surface area contributed by atoms with Gasteiger partial charge in [-0.25, -0.2) is 9.78 Å². The van der Waals surface area contributed by atoms with E-state index < -0.39 is 5.97 Å². The number of thiazole rings is 1. The van der Waals surface area contributed by atoms with Gasteiger partial charge in [-0.3, -0.25) is 0 Å². The van der Waals surface area contributed by atoms with Gasteiger partial charge in [0.25, 0.3) is 0 Å². The van der Waals surface area contributed by atoms with E-state index in [1.54, 1.807) is 5.38 Å². The first-order chi connectivity index (χ1) is 6.77. The number of carboxylic acids is 1. The van der Waals surface area contributed by atoms with Crippen LogP contribution in [0.5, 0.6) is 0 Å². The van der Waals surface area contributed by atoms with E-state index in [-0.39, 0.29) is 18.1 Å². The molecule has 1 aromatic rings. The highest BCUT2D eigenvalue weighted by atomic mass is 35.5. The molecule has 0 saturated carbocycles. The van der Waals surface area contributed by atoms with Crippen molar-refractivity contribution in [3.05, 3.63) is 22.2 Å². The highest BCUT2D eigenvalue weighted by Gasteiger charge is 2.12. The third-order valence-corrected chi connectivity index (χ3v) is 2.98. The summed E-state index contributed by atoms with van der Waals surface area (Å²) in [6.45, 7) is 1.78. The number of carbonyl (C=O) groups is 1. The second-order valence-electron chi connectivity index (χ2n) is 3.03. The van der Waals surface area contributed by atoms with E-state index in [2.05, 4.69) is 16.4 Å². The third kappa shape index (κ3) is 2.77. The van der Waals surface area contributed by atoms with E-state index in [4.69, 9.17) is 5.11 Å². The summed E-state index contributed by atoms with van der Waals surface area (Å²) >= 11 is 1.40. The minimum Gasteiger partial charge on any atom is -0.476 e. The molecule has 1 aliphatic heterocycles. The molecule has 0 radical (unpaired) electrons. The van der Waals surface area contributed by atoms with E-state index >= 15 is 0 Å². The van der Waals surface area contributed by atoms with Crippen LogP contribution in [0.2, 0.25) is 0 Å². The highest BCUT2D eigenvalue weighted by molar-refractivity contribution is 7.11. The molecule has 15 heavy (non-hydrogen) atoms. The Morgan fingerprint density at radius 2 is 2.40 bits per heavy atom. The molecule has 0 atom stereocenters. The van der Waals surface area contributed by atoms with Crippen LogP contribution in [0.1, 0.15) is 21.9 Å². The molecule has 2 heterocycles. The minimum absolute atomic E-state index is 0. The summed E-state index contributed by atoms with van der Waals surface area (Å²) in [5.74, 6) is -0.956. The summed E-state index contributed by atoms with van der Waals surface area (Å²) in [7, 11) is 0. The topological polar surface area (TPSA) is 62.2 Å². The first-order valence-electron chi connectivity index (χ1n) is 4.36. The maximum absolute atomic E-state index is 10.6. The molecule has 82 valence electrons. The summed E-state index contributed by atoms with van der Waals surface area (Å²) in [5, 5.41) is 14.3. The SMILES string of the molecule is Cl.O=C(O)c1csc(C2=CCNCC2)n1. The smallest absolute Gasteiger partial charge is 0.355 e. The number of aromatic carboxylic acids is 1. The van der Waals surface area contributed by atoms with Gasteiger partial charge in [-0.15, -0.1) is 23.7 Å². The van der Waals surface area contributed by atoms with Crippen molar-refractivity contribution in [2.45, 2.75) is 6.42 Å². The lowest BCUT2D eigenvalue weighted by molar-refractivity contribution is 0.0691. The fraction of sp³-hybridized carbons (Fsp3) is 0.333. The third-order valence-electron chi connectivity index (χ3n) is 2.06. The Labute approximate surface area is 97.4 Å². The van der Waals surface area contributed by atoms with Gasteiger partial charge in [0.05, 0.1) is 0 Å². The second-order valence-corrected chi connectivity index (χ2v) is 3.88. The predicted octanol–water partition coefficient (Wildman–Crippen LogP) is 1.64. The van der Waals surface area contributed by atoms with Gasteiger partial charge in [0, 0.05) is 11.9 Å². The zero-order valence-corrected chi connectivity index (χ0v) is 9.53. The molecule has 1 aromatic heterocycles. The maximum atomic E-state index is 10.6. The van der Waals surface area contributed by atoms with Gasteiger partial charge < -0.3 is 10.4 Å². The van der Waals surface area contributed by atoms with Gasteiger partial charge in [-0.05, 0) is 18.5 Å². The van der Waals surface area contributed by atoms with E-state index in [9.17, 15) is 4.79 Å². The van der Waals surface area contributed by atoms with Crippen molar-refractivity contribution in [1.29, 1.82) is 0 Å². The Balaban J connectivity index is 0.00000112. The molecule has 0 bridgehead atoms. The first-order valence-corrected chi connectivity index (χ1v) is 5.24. The molecule has 4 nitrogen and oxygen atoms in total. The summed E-state index contributed by atoms with van der Waals surface area (Å²) in [4.78, 5) is 14.7. The highest BCUT2D eigenvalue weighted by Crippen LogP contribution is 2.23. The van der Waals surface area contributed by atoms with Crippen LogP contribution in [0.4, 0.5) is 0 Å². The van der Waals surface area contributed by atoms with E-state index in [1.807, 2.05) is 0 Å². The van der Waals surface area contributed by atoms with Crippen LogP contribution in [0.3, 0.4) is 0 Å². The quantitative estimate of drug-likeness (QED) is 0.833. The molecular weight excluding hydrogens is 236 g/mol. The van der Waals surface area contributed by atoms with Gasteiger partial charge >= 0.3 is 5.97 Å². The Kier molecular flexibility index (Phi) is 4.26. The Hall–Kier alpha value is -0.910. The number of halogens is 1. The van der Waals surface area contributed by atoms with Crippen molar-refractivity contribution in [2.24, 2.45) is 0 Å². The van der Waals surface area contributed by atoms with Crippen LogP contribution in [0.15, 0.2) is 11.5 Å². The number of nitrogens with one attached hydrogen (secondary N) is 1. The molecular formula is C9H11ClN2O2S. The molecule has 1 aliphatic rings. The largest absolute Gasteiger partial charge is 0.476 e. The summed E-state index contributed by atoms with van der Waals surface area (Å²) in [6.07, 6.45) is 2.99. The van der Waals surface area contributed by atoms with Crippen LogP contribution in [0, 0.1) is 0 Å². The van der Waals surface area contributed by atoms with Crippen molar-refractivity contribution < 1.29 is 9.90 Å². The summed E-state index contributed by atoms with van der Waals surface area (Å²) < 4.78 is 0. The number of hydrogen-bond donors (Lipinski definition) is 2. The number of carboxylic acid groups (broad SMARTS) is 1.